The number of thiazole rings is 1. The fourth-order valence-corrected chi connectivity index (χ4v) is 6.81. The Morgan fingerprint density at radius 3 is 2.61 bits per heavy atom. The number of carbonyl (C=O) groups excluding carboxylic acids is 1. The molecule has 0 aliphatic carbocycles. The number of nitrogens with one attached hydrogen (secondary N) is 2. The van der Waals surface area contributed by atoms with Crippen molar-refractivity contribution >= 4 is 34.6 Å². The first-order chi connectivity index (χ1) is 22.0. The van der Waals surface area contributed by atoms with Crippen LogP contribution in [0.2, 0.25) is 0 Å². The summed E-state index contributed by atoms with van der Waals surface area (Å²) in [5.74, 6) is -2.23. The molecule has 4 heterocycles. The fourth-order valence-electron chi connectivity index (χ4n) is 5.80. The number of likely N-dealkylation sites (tertiary alicyclic amines) is 2. The molecule has 250 valence electrons. The molecule has 46 heavy (non-hydrogen) atoms. The zero-order valence-electron chi connectivity index (χ0n) is 25.5. The topological polar surface area (TPSA) is 138 Å². The van der Waals surface area contributed by atoms with Gasteiger partial charge in [0.25, 0.3) is 5.91 Å². The molecular weight excluding hydrogens is 629 g/mol. The molecule has 2 aromatic rings. The first-order valence-electron chi connectivity index (χ1n) is 15.1. The van der Waals surface area contributed by atoms with Crippen molar-refractivity contribution in [2.45, 2.75) is 57.7 Å². The molecule has 12 nitrogen and oxygen atoms in total. The molecule has 0 saturated carbocycles. The monoisotopic (exact) mass is 666 g/mol. The third kappa shape index (κ3) is 8.34. The quantitative estimate of drug-likeness (QED) is 0.301. The van der Waals surface area contributed by atoms with Crippen LogP contribution in [-0.2, 0) is 20.9 Å². The molecule has 2 atom stereocenters. The van der Waals surface area contributed by atoms with E-state index in [-0.39, 0.29) is 34.7 Å². The third-order valence-electron chi connectivity index (χ3n) is 8.19. The lowest BCUT2D eigenvalue weighted by Gasteiger charge is -2.35. The minimum absolute atomic E-state index is 0.0816. The number of aromatic nitrogens is 1. The first-order valence-corrected chi connectivity index (χ1v) is 15.9. The molecule has 0 radical (unpaired) electrons. The number of methoxy groups -OCH3 is 1. The number of ether oxygens (including phenoxy) is 3. The number of aliphatic imine (C=N–C) groups is 1. The van der Waals surface area contributed by atoms with E-state index >= 15 is 0 Å². The SMILES string of the molecule is CCOCC1CCCN1Cc1sc(NC(=O)C2=CNC(N3CCC(C(=O)O)CC3)C=N2)nc1-c1ccc(OC)c(OC(F)(F)F)c1. The standard InChI is InChI=1S/C30H37F3N6O6S/c1-3-44-17-20-5-4-10-39(20)16-24-26(19-6-7-22(43-2)23(13-19)45-30(31,32)33)36-29(46-24)37-27(40)21-14-35-25(15-34-21)38-11-8-18(9-12-38)28(41)42/h6-7,13-15,18,20,25,35H,3-5,8-12,16-17H2,1-2H3,(H,41,42)(H,36,37,40). The molecule has 0 spiro atoms. The highest BCUT2D eigenvalue weighted by molar-refractivity contribution is 7.16. The number of hydrogen-bond acceptors (Lipinski definition) is 11. The zero-order chi connectivity index (χ0) is 32.8. The van der Waals surface area contributed by atoms with Gasteiger partial charge < -0.3 is 24.6 Å². The van der Waals surface area contributed by atoms with E-state index in [0.717, 1.165) is 24.3 Å². The van der Waals surface area contributed by atoms with Crippen LogP contribution in [0.4, 0.5) is 18.3 Å². The van der Waals surface area contributed by atoms with Gasteiger partial charge in [0.15, 0.2) is 16.6 Å². The smallest absolute Gasteiger partial charge is 0.493 e. The normalized spacial score (nSPS) is 21.1. The second-order valence-electron chi connectivity index (χ2n) is 11.2. The van der Waals surface area contributed by atoms with Crippen LogP contribution in [0.5, 0.6) is 11.5 Å². The maximum atomic E-state index is 13.2. The molecule has 1 aromatic heterocycles. The predicted molar refractivity (Wildman–Crippen MR) is 165 cm³/mol. The Morgan fingerprint density at radius 2 is 1.96 bits per heavy atom. The number of carboxylic acid groups (broad SMARTS) is 1. The van der Waals surface area contributed by atoms with Gasteiger partial charge in [-0.05, 0) is 57.4 Å². The minimum Gasteiger partial charge on any atom is -0.493 e. The van der Waals surface area contributed by atoms with Gasteiger partial charge >= 0.3 is 12.3 Å². The summed E-state index contributed by atoms with van der Waals surface area (Å²) in [6.07, 6.45) is 0.947. The van der Waals surface area contributed by atoms with Crippen molar-refractivity contribution in [3.63, 3.8) is 0 Å². The van der Waals surface area contributed by atoms with Crippen LogP contribution in [0.15, 0.2) is 35.1 Å². The number of halogens is 3. The van der Waals surface area contributed by atoms with Crippen LogP contribution in [0, 0.1) is 5.92 Å². The van der Waals surface area contributed by atoms with E-state index in [4.69, 9.17) is 9.47 Å². The molecule has 2 saturated heterocycles. The van der Waals surface area contributed by atoms with Crippen LogP contribution >= 0.6 is 11.3 Å². The van der Waals surface area contributed by atoms with Crippen molar-refractivity contribution in [1.82, 2.24) is 20.1 Å². The molecule has 2 unspecified atom stereocenters. The average Bonchev–Trinajstić information content (AvgIpc) is 3.65. The molecule has 5 rings (SSSR count). The highest BCUT2D eigenvalue weighted by Crippen LogP contribution is 2.39. The molecule has 3 aliphatic rings. The number of nitrogens with zero attached hydrogens (tertiary/aromatic N) is 4. The van der Waals surface area contributed by atoms with Crippen molar-refractivity contribution < 1.29 is 42.1 Å². The molecular formula is C30H37F3N6O6S. The van der Waals surface area contributed by atoms with Gasteiger partial charge in [-0.25, -0.2) is 4.98 Å². The second kappa shape index (κ2) is 14.8. The molecule has 3 aliphatic heterocycles. The van der Waals surface area contributed by atoms with E-state index in [1.807, 2.05) is 6.92 Å². The molecule has 1 amide bonds. The Morgan fingerprint density at radius 1 is 1.17 bits per heavy atom. The Hall–Kier alpha value is -3.73. The van der Waals surface area contributed by atoms with E-state index in [0.29, 0.717) is 56.9 Å². The summed E-state index contributed by atoms with van der Waals surface area (Å²) in [7, 11) is 1.26. The van der Waals surface area contributed by atoms with Crippen molar-refractivity contribution in [3.8, 4) is 22.8 Å². The molecule has 16 heteroatoms. The van der Waals surface area contributed by atoms with Crippen LogP contribution in [0.25, 0.3) is 11.3 Å². The summed E-state index contributed by atoms with van der Waals surface area (Å²) >= 11 is 1.24. The lowest BCUT2D eigenvalue weighted by atomic mass is 9.97. The van der Waals surface area contributed by atoms with E-state index in [2.05, 4.69) is 35.1 Å². The summed E-state index contributed by atoms with van der Waals surface area (Å²) in [5.41, 5.74) is 0.913. The summed E-state index contributed by atoms with van der Waals surface area (Å²) in [6, 6.07) is 4.41. The van der Waals surface area contributed by atoms with Gasteiger partial charge in [-0.15, -0.1) is 13.2 Å². The first kappa shape index (κ1) is 33.6. The van der Waals surface area contributed by atoms with Gasteiger partial charge in [0.1, 0.15) is 11.9 Å². The zero-order valence-corrected chi connectivity index (χ0v) is 26.3. The van der Waals surface area contributed by atoms with Gasteiger partial charge in [0.2, 0.25) is 0 Å². The lowest BCUT2D eigenvalue weighted by Crippen LogP contribution is -2.50. The van der Waals surface area contributed by atoms with Crippen molar-refractivity contribution in [2.24, 2.45) is 10.9 Å². The second-order valence-corrected chi connectivity index (χ2v) is 12.2. The van der Waals surface area contributed by atoms with Crippen LogP contribution in [0.1, 0.15) is 37.5 Å². The van der Waals surface area contributed by atoms with Crippen molar-refractivity contribution in [2.75, 3.05) is 45.3 Å². The highest BCUT2D eigenvalue weighted by Gasteiger charge is 2.34. The van der Waals surface area contributed by atoms with Crippen LogP contribution in [-0.4, -0.2) is 96.5 Å². The Balaban J connectivity index is 1.34. The highest BCUT2D eigenvalue weighted by atomic mass is 32.1. The summed E-state index contributed by atoms with van der Waals surface area (Å²) in [4.78, 5) is 38.5. The number of aliphatic carboxylic acids is 1. The molecule has 3 N–H and O–H groups in total. The Labute approximate surface area is 268 Å². The fraction of sp³-hybridized carbons (Fsp3) is 0.533. The predicted octanol–water partition coefficient (Wildman–Crippen LogP) is 4.29. The number of carbonyl (C=O) groups is 2. The molecule has 2 fully saturated rings. The number of piperidine rings is 1. The number of carboxylic acids is 1. The number of alkyl halides is 3. The van der Waals surface area contributed by atoms with Gasteiger partial charge in [-0.2, -0.15) is 0 Å². The van der Waals surface area contributed by atoms with Crippen LogP contribution < -0.4 is 20.1 Å². The number of rotatable bonds is 12. The third-order valence-corrected chi connectivity index (χ3v) is 9.15. The maximum Gasteiger partial charge on any atom is 0.573 e. The van der Waals surface area contributed by atoms with Crippen molar-refractivity contribution in [1.29, 1.82) is 0 Å². The van der Waals surface area contributed by atoms with Crippen LogP contribution in [0.3, 0.4) is 0 Å². The van der Waals surface area contributed by atoms with Gasteiger partial charge in [0.05, 0.1) is 25.3 Å². The summed E-state index contributed by atoms with van der Waals surface area (Å²) < 4.78 is 54.5. The lowest BCUT2D eigenvalue weighted by molar-refractivity contribution is -0.275. The van der Waals surface area contributed by atoms with Gasteiger partial charge in [0, 0.05) is 55.1 Å². The summed E-state index contributed by atoms with van der Waals surface area (Å²) in [5, 5.41) is 15.4. The van der Waals surface area contributed by atoms with E-state index in [1.165, 1.54) is 36.8 Å². The minimum atomic E-state index is -4.92. The van der Waals surface area contributed by atoms with E-state index < -0.39 is 24.0 Å². The van der Waals surface area contributed by atoms with Gasteiger partial charge in [-0.1, -0.05) is 11.3 Å². The number of benzene rings is 1. The number of anilines is 1. The average molecular weight is 667 g/mol. The number of hydrogen-bond donors (Lipinski definition) is 3. The van der Waals surface area contributed by atoms with Gasteiger partial charge in [-0.3, -0.25) is 29.7 Å². The summed E-state index contributed by atoms with van der Waals surface area (Å²) in [6.45, 7) is 5.56. The van der Waals surface area contributed by atoms with Crippen molar-refractivity contribution in [3.05, 3.63) is 35.0 Å². The van der Waals surface area contributed by atoms with E-state index in [9.17, 15) is 27.9 Å². The molecule has 0 bridgehead atoms. The Kier molecular flexibility index (Phi) is 10.8. The Bertz CT molecular complexity index is 1460. The molecule has 1 aromatic carbocycles. The maximum absolute atomic E-state index is 13.2. The largest absolute Gasteiger partial charge is 0.573 e. The number of amides is 1. The van der Waals surface area contributed by atoms with E-state index in [1.54, 1.807) is 12.3 Å².